The number of rotatable bonds is 4. The molecule has 1 saturated heterocycles. The third-order valence-corrected chi connectivity index (χ3v) is 3.74. The largest absolute Gasteiger partial charge is 0.325 e. The number of carbonyl (C=O) groups is 1. The van der Waals surface area contributed by atoms with E-state index in [1.165, 1.54) is 12.8 Å². The second-order valence-corrected chi connectivity index (χ2v) is 5.37. The predicted molar refractivity (Wildman–Crippen MR) is 77.2 cm³/mol. The highest BCUT2D eigenvalue weighted by Crippen LogP contribution is 2.19. The van der Waals surface area contributed by atoms with Gasteiger partial charge in [0.05, 0.1) is 11.4 Å². The first-order valence-electron chi connectivity index (χ1n) is 7.10. The number of piperidine rings is 1. The van der Waals surface area contributed by atoms with Crippen LogP contribution in [0, 0.1) is 19.8 Å². The molecule has 4 heteroatoms. The van der Waals surface area contributed by atoms with Crippen LogP contribution in [0.3, 0.4) is 0 Å². The average molecular weight is 261 g/mol. The van der Waals surface area contributed by atoms with Gasteiger partial charge in [0.1, 0.15) is 0 Å². The van der Waals surface area contributed by atoms with Crippen molar-refractivity contribution in [3.63, 3.8) is 0 Å². The summed E-state index contributed by atoms with van der Waals surface area (Å²) in [4.78, 5) is 16.3. The number of carbonyl (C=O) groups excluding carboxylic acids is 1. The molecule has 2 heterocycles. The summed E-state index contributed by atoms with van der Waals surface area (Å²) >= 11 is 0. The van der Waals surface area contributed by atoms with Crippen LogP contribution in [0.5, 0.6) is 0 Å². The maximum Gasteiger partial charge on any atom is 0.224 e. The molecular formula is C15H23N3O. The lowest BCUT2D eigenvalue weighted by Crippen LogP contribution is -2.28. The summed E-state index contributed by atoms with van der Waals surface area (Å²) < 4.78 is 0. The highest BCUT2D eigenvalue weighted by molar-refractivity contribution is 5.91. The van der Waals surface area contributed by atoms with Gasteiger partial charge in [-0.3, -0.25) is 9.78 Å². The monoisotopic (exact) mass is 261 g/mol. The molecule has 1 aliphatic rings. The molecule has 1 aliphatic heterocycles. The van der Waals surface area contributed by atoms with E-state index in [9.17, 15) is 4.79 Å². The van der Waals surface area contributed by atoms with E-state index >= 15 is 0 Å². The summed E-state index contributed by atoms with van der Waals surface area (Å²) in [5.41, 5.74) is 2.70. The van der Waals surface area contributed by atoms with E-state index in [4.69, 9.17) is 0 Å². The number of nitrogens with one attached hydrogen (secondary N) is 2. The van der Waals surface area contributed by atoms with E-state index in [-0.39, 0.29) is 5.91 Å². The van der Waals surface area contributed by atoms with Crippen molar-refractivity contribution < 1.29 is 4.79 Å². The molecule has 1 aromatic heterocycles. The van der Waals surface area contributed by atoms with Crippen molar-refractivity contribution in [3.05, 3.63) is 23.5 Å². The number of aryl methyl sites for hydroxylation is 2. The molecule has 0 radical (unpaired) electrons. The average Bonchev–Trinajstić information content (AvgIpc) is 2.41. The highest BCUT2D eigenvalue weighted by Gasteiger charge is 2.14. The van der Waals surface area contributed by atoms with E-state index in [1.54, 1.807) is 0 Å². The van der Waals surface area contributed by atoms with Crippen LogP contribution in [0.2, 0.25) is 0 Å². The van der Waals surface area contributed by atoms with E-state index in [1.807, 2.05) is 26.0 Å². The third-order valence-electron chi connectivity index (χ3n) is 3.74. The number of anilines is 1. The topological polar surface area (TPSA) is 54.0 Å². The molecule has 2 rings (SSSR count). The second-order valence-electron chi connectivity index (χ2n) is 5.37. The van der Waals surface area contributed by atoms with Crippen molar-refractivity contribution in [2.75, 3.05) is 18.4 Å². The van der Waals surface area contributed by atoms with Gasteiger partial charge in [-0.15, -0.1) is 0 Å². The van der Waals surface area contributed by atoms with Gasteiger partial charge < -0.3 is 10.6 Å². The maximum atomic E-state index is 11.9. The van der Waals surface area contributed by atoms with Crippen LogP contribution in [0.15, 0.2) is 12.1 Å². The van der Waals surface area contributed by atoms with Crippen LogP contribution in [-0.4, -0.2) is 24.0 Å². The normalized spacial score (nSPS) is 16.3. The Balaban J connectivity index is 1.80. The van der Waals surface area contributed by atoms with Crippen molar-refractivity contribution in [1.29, 1.82) is 0 Å². The zero-order valence-electron chi connectivity index (χ0n) is 11.8. The summed E-state index contributed by atoms with van der Waals surface area (Å²) in [6.45, 7) is 6.06. The molecule has 2 N–H and O–H groups in total. The van der Waals surface area contributed by atoms with Crippen LogP contribution in [0.4, 0.5) is 5.69 Å². The summed E-state index contributed by atoms with van der Waals surface area (Å²) in [5, 5.41) is 6.31. The lowest BCUT2D eigenvalue weighted by atomic mass is 9.93. The fourth-order valence-electron chi connectivity index (χ4n) is 2.54. The van der Waals surface area contributed by atoms with Crippen LogP contribution >= 0.6 is 0 Å². The third kappa shape index (κ3) is 4.31. The first kappa shape index (κ1) is 14.0. The lowest BCUT2D eigenvalue weighted by molar-refractivity contribution is -0.116. The Bertz CT molecular complexity index is 439. The van der Waals surface area contributed by atoms with Gasteiger partial charge in [0.25, 0.3) is 0 Å². The summed E-state index contributed by atoms with van der Waals surface area (Å²) in [6, 6.07) is 3.86. The molecule has 0 saturated carbocycles. The van der Waals surface area contributed by atoms with Crippen LogP contribution < -0.4 is 10.6 Å². The molecule has 4 nitrogen and oxygen atoms in total. The summed E-state index contributed by atoms with van der Waals surface area (Å²) in [5.74, 6) is 0.802. The zero-order chi connectivity index (χ0) is 13.7. The molecule has 0 aromatic carbocycles. The predicted octanol–water partition coefficient (Wildman–Crippen LogP) is 2.42. The van der Waals surface area contributed by atoms with E-state index in [0.29, 0.717) is 12.3 Å². The molecule has 19 heavy (non-hydrogen) atoms. The number of amides is 1. The Morgan fingerprint density at radius 1 is 1.37 bits per heavy atom. The van der Waals surface area contributed by atoms with Gasteiger partial charge in [0, 0.05) is 12.1 Å². The van der Waals surface area contributed by atoms with Gasteiger partial charge in [0.2, 0.25) is 5.91 Å². The van der Waals surface area contributed by atoms with Crippen LogP contribution in [0.1, 0.15) is 37.1 Å². The Kier molecular flexibility index (Phi) is 4.91. The Morgan fingerprint density at radius 2 is 2.11 bits per heavy atom. The van der Waals surface area contributed by atoms with Crippen molar-refractivity contribution in [2.24, 2.45) is 5.92 Å². The van der Waals surface area contributed by atoms with E-state index < -0.39 is 0 Å². The van der Waals surface area contributed by atoms with E-state index in [2.05, 4.69) is 15.6 Å². The summed E-state index contributed by atoms with van der Waals surface area (Å²) in [6.07, 6.45) is 3.99. The molecule has 1 aromatic rings. The molecule has 0 bridgehead atoms. The Morgan fingerprint density at radius 3 is 2.79 bits per heavy atom. The molecule has 0 spiro atoms. The number of hydrogen-bond acceptors (Lipinski definition) is 3. The molecule has 104 valence electrons. The first-order valence-corrected chi connectivity index (χ1v) is 7.10. The van der Waals surface area contributed by atoms with Gasteiger partial charge >= 0.3 is 0 Å². The van der Waals surface area contributed by atoms with Gasteiger partial charge in [-0.1, -0.05) is 0 Å². The molecule has 1 amide bonds. The van der Waals surface area contributed by atoms with Crippen molar-refractivity contribution in [2.45, 2.75) is 39.5 Å². The lowest BCUT2D eigenvalue weighted by Gasteiger charge is -2.22. The minimum atomic E-state index is 0.104. The Labute approximate surface area is 115 Å². The van der Waals surface area contributed by atoms with E-state index in [0.717, 1.165) is 36.6 Å². The fourth-order valence-corrected chi connectivity index (χ4v) is 2.54. The van der Waals surface area contributed by atoms with Crippen LogP contribution in [-0.2, 0) is 4.79 Å². The molecule has 0 atom stereocenters. The van der Waals surface area contributed by atoms with Gasteiger partial charge in [0.15, 0.2) is 0 Å². The standard InChI is InChI=1S/C15H23N3O/c1-11-3-5-14(12(2)17-11)18-15(19)6-4-13-7-9-16-10-8-13/h3,5,13,16H,4,6-10H2,1-2H3,(H,18,19). The molecular weight excluding hydrogens is 238 g/mol. The number of nitrogens with zero attached hydrogens (tertiary/aromatic N) is 1. The van der Waals surface area contributed by atoms with Crippen LogP contribution in [0.25, 0.3) is 0 Å². The zero-order valence-corrected chi connectivity index (χ0v) is 11.8. The van der Waals surface area contributed by atoms with Gasteiger partial charge in [-0.05, 0) is 64.3 Å². The van der Waals surface area contributed by atoms with Gasteiger partial charge in [-0.25, -0.2) is 0 Å². The van der Waals surface area contributed by atoms with Crippen molar-refractivity contribution in [1.82, 2.24) is 10.3 Å². The smallest absolute Gasteiger partial charge is 0.224 e. The number of pyridine rings is 1. The number of aromatic nitrogens is 1. The quantitative estimate of drug-likeness (QED) is 0.875. The van der Waals surface area contributed by atoms with Crippen molar-refractivity contribution >= 4 is 11.6 Å². The molecule has 0 aliphatic carbocycles. The minimum absolute atomic E-state index is 0.104. The molecule has 0 unspecified atom stereocenters. The molecule has 1 fully saturated rings. The SMILES string of the molecule is Cc1ccc(NC(=O)CCC2CCNCC2)c(C)n1. The highest BCUT2D eigenvalue weighted by atomic mass is 16.1. The van der Waals surface area contributed by atoms with Gasteiger partial charge in [-0.2, -0.15) is 0 Å². The Hall–Kier alpha value is -1.42. The first-order chi connectivity index (χ1) is 9.15. The number of hydrogen-bond donors (Lipinski definition) is 2. The summed E-state index contributed by atoms with van der Waals surface area (Å²) in [7, 11) is 0. The minimum Gasteiger partial charge on any atom is -0.325 e. The maximum absolute atomic E-state index is 11.9. The second kappa shape index (κ2) is 6.66. The van der Waals surface area contributed by atoms with Crippen molar-refractivity contribution in [3.8, 4) is 0 Å². The fraction of sp³-hybridized carbons (Fsp3) is 0.600.